The maximum absolute atomic E-state index is 12.5. The van der Waals surface area contributed by atoms with E-state index in [9.17, 15) is 4.79 Å². The lowest BCUT2D eigenvalue weighted by Gasteiger charge is -2.34. The van der Waals surface area contributed by atoms with Gasteiger partial charge in [0.05, 0.1) is 11.9 Å². The number of carbonyl (C=O) groups excluding carboxylic acids is 1. The number of aromatic nitrogens is 3. The van der Waals surface area contributed by atoms with E-state index >= 15 is 0 Å². The van der Waals surface area contributed by atoms with E-state index in [1.165, 1.54) is 0 Å². The van der Waals surface area contributed by atoms with Crippen LogP contribution in [0.1, 0.15) is 12.8 Å². The minimum Gasteiger partial charge on any atom is -0.368 e. The first-order valence-corrected chi connectivity index (χ1v) is 7.25. The van der Waals surface area contributed by atoms with Crippen LogP contribution in [-0.2, 0) is 9.53 Å². The van der Waals surface area contributed by atoms with Crippen molar-refractivity contribution in [3.05, 3.63) is 37.1 Å². The fourth-order valence-corrected chi connectivity index (χ4v) is 2.61. The number of amides is 1. The van der Waals surface area contributed by atoms with Gasteiger partial charge in [0.15, 0.2) is 0 Å². The smallest absolute Gasteiger partial charge is 0.256 e. The van der Waals surface area contributed by atoms with Gasteiger partial charge in [0.2, 0.25) is 0 Å². The van der Waals surface area contributed by atoms with Crippen LogP contribution in [0.2, 0.25) is 0 Å². The molecule has 0 aromatic carbocycles. The summed E-state index contributed by atoms with van der Waals surface area (Å²) in [6, 6.07) is 3.66. The van der Waals surface area contributed by atoms with Gasteiger partial charge in [-0.1, -0.05) is 0 Å². The maximum Gasteiger partial charge on any atom is 0.256 e. The van der Waals surface area contributed by atoms with Gasteiger partial charge in [-0.25, -0.2) is 9.97 Å². The normalized spacial score (nSPS) is 17.1. The van der Waals surface area contributed by atoms with Crippen LogP contribution in [0.3, 0.4) is 0 Å². The number of rotatable bonds is 4. The van der Waals surface area contributed by atoms with E-state index in [-0.39, 0.29) is 5.91 Å². The highest BCUT2D eigenvalue weighted by Gasteiger charge is 2.39. The molecule has 0 saturated carbocycles. The van der Waals surface area contributed by atoms with Crippen LogP contribution in [0.5, 0.6) is 0 Å². The van der Waals surface area contributed by atoms with Gasteiger partial charge in [0.25, 0.3) is 5.91 Å². The number of nitrogens with one attached hydrogen (secondary N) is 2. The second kappa shape index (κ2) is 6.25. The Morgan fingerprint density at radius 1 is 1.41 bits per heavy atom. The quantitative estimate of drug-likeness (QED) is 0.879. The molecule has 1 aliphatic heterocycles. The summed E-state index contributed by atoms with van der Waals surface area (Å²) in [7, 11) is 1.59. The molecule has 3 heterocycles. The molecule has 7 heteroatoms. The Kier molecular flexibility index (Phi) is 4.17. The predicted octanol–water partition coefficient (Wildman–Crippen LogP) is 0.974. The third-order valence-electron chi connectivity index (χ3n) is 3.99. The minimum absolute atomic E-state index is 0.117. The topological polar surface area (TPSA) is 81.1 Å². The van der Waals surface area contributed by atoms with Crippen LogP contribution in [-0.4, -0.2) is 46.2 Å². The summed E-state index contributed by atoms with van der Waals surface area (Å²) in [6.07, 6.45) is 8.14. The van der Waals surface area contributed by atoms with E-state index < -0.39 is 5.60 Å². The molecule has 2 N–H and O–H groups in total. The van der Waals surface area contributed by atoms with Gasteiger partial charge < -0.3 is 15.4 Å². The summed E-state index contributed by atoms with van der Waals surface area (Å²) < 4.78 is 7.31. The van der Waals surface area contributed by atoms with Crippen LogP contribution in [0.15, 0.2) is 37.1 Å². The zero-order valence-corrected chi connectivity index (χ0v) is 12.5. The fraction of sp³-hybridized carbons (Fsp3) is 0.400. The first-order chi connectivity index (χ1) is 10.7. The standard InChI is InChI=1S/C15H19N5O2/c1-22-15(4-6-16-7-5-15)14(21)19-12-2-3-13(18-10-12)20-9-8-17-11-20/h2-3,8-11,16H,4-7H2,1H3,(H,19,21). The van der Waals surface area contributed by atoms with E-state index in [1.54, 1.807) is 30.4 Å². The molecule has 22 heavy (non-hydrogen) atoms. The maximum atomic E-state index is 12.5. The second-order valence-corrected chi connectivity index (χ2v) is 5.28. The largest absolute Gasteiger partial charge is 0.368 e. The molecule has 3 rings (SSSR count). The lowest BCUT2D eigenvalue weighted by Crippen LogP contribution is -2.51. The van der Waals surface area contributed by atoms with Crippen LogP contribution in [0.4, 0.5) is 5.69 Å². The van der Waals surface area contributed by atoms with Gasteiger partial charge in [-0.15, -0.1) is 0 Å². The van der Waals surface area contributed by atoms with E-state index in [1.807, 2.05) is 18.3 Å². The Morgan fingerprint density at radius 2 is 2.23 bits per heavy atom. The Balaban J connectivity index is 1.71. The number of methoxy groups -OCH3 is 1. The van der Waals surface area contributed by atoms with Crippen molar-refractivity contribution in [1.82, 2.24) is 19.9 Å². The van der Waals surface area contributed by atoms with Crippen molar-refractivity contribution < 1.29 is 9.53 Å². The molecule has 0 radical (unpaired) electrons. The zero-order valence-electron chi connectivity index (χ0n) is 12.5. The van der Waals surface area contributed by atoms with Gasteiger partial charge in [0.1, 0.15) is 17.7 Å². The molecule has 1 saturated heterocycles. The minimum atomic E-state index is -0.756. The Bertz CT molecular complexity index is 618. The molecule has 2 aromatic rings. The van der Waals surface area contributed by atoms with Crippen molar-refractivity contribution >= 4 is 11.6 Å². The number of nitrogens with zero attached hydrogens (tertiary/aromatic N) is 3. The number of ether oxygens (including phenoxy) is 1. The number of carbonyl (C=O) groups is 1. The van der Waals surface area contributed by atoms with Crippen molar-refractivity contribution in [3.63, 3.8) is 0 Å². The molecule has 0 spiro atoms. The van der Waals surface area contributed by atoms with Crippen LogP contribution in [0.25, 0.3) is 5.82 Å². The number of hydrogen-bond donors (Lipinski definition) is 2. The van der Waals surface area contributed by atoms with Gasteiger partial charge in [-0.05, 0) is 38.1 Å². The summed E-state index contributed by atoms with van der Waals surface area (Å²) in [5.41, 5.74) is -0.0994. The third kappa shape index (κ3) is 2.86. The monoisotopic (exact) mass is 301 g/mol. The van der Waals surface area contributed by atoms with Crippen molar-refractivity contribution in [2.75, 3.05) is 25.5 Å². The molecule has 0 unspecified atom stereocenters. The molecule has 7 nitrogen and oxygen atoms in total. The Labute approximate surface area is 128 Å². The van der Waals surface area contributed by atoms with Gasteiger partial charge in [-0.2, -0.15) is 0 Å². The van der Waals surface area contributed by atoms with Gasteiger partial charge in [0, 0.05) is 19.5 Å². The highest BCUT2D eigenvalue weighted by Crippen LogP contribution is 2.24. The molecule has 0 atom stereocenters. The molecule has 1 fully saturated rings. The molecule has 0 aliphatic carbocycles. The average molecular weight is 301 g/mol. The van der Waals surface area contributed by atoms with Crippen molar-refractivity contribution in [3.8, 4) is 5.82 Å². The first kappa shape index (κ1) is 14.7. The SMILES string of the molecule is COC1(C(=O)Nc2ccc(-n3ccnc3)nc2)CCNCC1. The van der Waals surface area contributed by atoms with E-state index in [0.717, 1.165) is 18.9 Å². The number of imidazole rings is 1. The van der Waals surface area contributed by atoms with E-state index in [4.69, 9.17) is 4.74 Å². The predicted molar refractivity (Wildman–Crippen MR) is 81.8 cm³/mol. The van der Waals surface area contributed by atoms with Crippen molar-refractivity contribution in [1.29, 1.82) is 0 Å². The highest BCUT2D eigenvalue weighted by molar-refractivity contribution is 5.97. The van der Waals surface area contributed by atoms with Crippen LogP contribution >= 0.6 is 0 Å². The van der Waals surface area contributed by atoms with Crippen LogP contribution < -0.4 is 10.6 Å². The second-order valence-electron chi connectivity index (χ2n) is 5.28. The Morgan fingerprint density at radius 3 is 2.82 bits per heavy atom. The van der Waals surface area contributed by atoms with Gasteiger partial charge >= 0.3 is 0 Å². The lowest BCUT2D eigenvalue weighted by atomic mass is 9.91. The van der Waals surface area contributed by atoms with Gasteiger partial charge in [-0.3, -0.25) is 9.36 Å². The highest BCUT2D eigenvalue weighted by atomic mass is 16.5. The van der Waals surface area contributed by atoms with Crippen LogP contribution in [0, 0.1) is 0 Å². The zero-order chi connectivity index (χ0) is 15.4. The molecule has 1 aliphatic rings. The molecular weight excluding hydrogens is 282 g/mol. The lowest BCUT2D eigenvalue weighted by molar-refractivity contribution is -0.140. The van der Waals surface area contributed by atoms with Crippen molar-refractivity contribution in [2.24, 2.45) is 0 Å². The van der Waals surface area contributed by atoms with E-state index in [2.05, 4.69) is 20.6 Å². The number of piperidine rings is 1. The summed E-state index contributed by atoms with van der Waals surface area (Å²) in [6.45, 7) is 1.55. The summed E-state index contributed by atoms with van der Waals surface area (Å²) in [5, 5.41) is 6.13. The Hall–Kier alpha value is -2.25. The fourth-order valence-electron chi connectivity index (χ4n) is 2.61. The van der Waals surface area contributed by atoms with Crippen molar-refractivity contribution in [2.45, 2.75) is 18.4 Å². The molecule has 0 bridgehead atoms. The molecule has 2 aromatic heterocycles. The number of hydrogen-bond acceptors (Lipinski definition) is 5. The average Bonchev–Trinajstić information content (AvgIpc) is 3.10. The summed E-state index contributed by atoms with van der Waals surface area (Å²) in [5.74, 6) is 0.632. The summed E-state index contributed by atoms with van der Waals surface area (Å²) in [4.78, 5) is 20.8. The molecular formula is C15H19N5O2. The number of pyridine rings is 1. The first-order valence-electron chi connectivity index (χ1n) is 7.25. The third-order valence-corrected chi connectivity index (χ3v) is 3.99. The molecule has 1 amide bonds. The summed E-state index contributed by atoms with van der Waals surface area (Å²) >= 11 is 0. The molecule has 116 valence electrons. The van der Waals surface area contributed by atoms with E-state index in [0.29, 0.717) is 18.5 Å². The number of anilines is 1.